The van der Waals surface area contributed by atoms with E-state index in [-0.39, 0.29) is 17.1 Å². The van der Waals surface area contributed by atoms with Gasteiger partial charge in [-0.1, -0.05) is 6.92 Å². The minimum Gasteiger partial charge on any atom is -0.512 e. The number of rotatable bonds is 2. The summed E-state index contributed by atoms with van der Waals surface area (Å²) < 4.78 is 0. The van der Waals surface area contributed by atoms with Crippen molar-refractivity contribution in [2.24, 2.45) is 0 Å². The van der Waals surface area contributed by atoms with Gasteiger partial charge in [0.2, 0.25) is 0 Å². The largest absolute Gasteiger partial charge is 5.00 e. The van der Waals surface area contributed by atoms with E-state index in [9.17, 15) is 0 Å². The molecule has 1 fully saturated rings. The third-order valence-corrected chi connectivity index (χ3v) is 2.10. The van der Waals surface area contributed by atoms with Gasteiger partial charge in [-0.05, 0) is 33.0 Å². The van der Waals surface area contributed by atoms with Crippen molar-refractivity contribution < 1.29 is 17.1 Å². The molecule has 1 aliphatic heterocycles. The Balaban J connectivity index is -0.0000000384. The van der Waals surface area contributed by atoms with Crippen molar-refractivity contribution in [1.29, 1.82) is 26.3 Å². The van der Waals surface area contributed by atoms with Crippen LogP contribution in [0, 0.1) is 59.2 Å². The van der Waals surface area contributed by atoms with Crippen molar-refractivity contribution in [2.45, 2.75) is 25.9 Å². The minimum absolute atomic E-state index is 0. The number of hydrogen-bond acceptors (Lipinski definition) is 7. The first-order chi connectivity index (χ1) is 9.38. The second kappa shape index (κ2) is 54.0. The van der Waals surface area contributed by atoms with E-state index in [0.717, 1.165) is 0 Å². The fraction of sp³-hybridized carbons (Fsp3) is 0.583. The molecule has 0 aromatic carbocycles. The van der Waals surface area contributed by atoms with E-state index in [2.05, 4.69) is 17.1 Å². The molecule has 1 rings (SSSR count). The molecule has 1 N–H and O–H groups in total. The molecule has 107 valence electrons. The number of nitrogens with one attached hydrogen (secondary N) is 1. The molecular formula is C12H16FeN7. The Hall–Kier alpha value is -2.11. The summed E-state index contributed by atoms with van der Waals surface area (Å²) in [6.07, 6.45) is 3.35. The van der Waals surface area contributed by atoms with Crippen LogP contribution in [0.25, 0.3) is 0 Å². The van der Waals surface area contributed by atoms with Crippen LogP contribution < -0.4 is 5.32 Å². The topological polar surface area (TPSA) is 134 Å². The third kappa shape index (κ3) is 24.9. The molecule has 0 aromatic rings. The molecule has 0 bridgehead atoms. The van der Waals surface area contributed by atoms with Gasteiger partial charge in [0.25, 0.3) is 0 Å². The van der Waals surface area contributed by atoms with Crippen LogP contribution in [-0.4, -0.2) is 31.2 Å². The average molecular weight is 314 g/mol. The molecule has 8 heteroatoms. The van der Waals surface area contributed by atoms with Crippen LogP contribution in [0.5, 0.6) is 0 Å². The van der Waals surface area contributed by atoms with Crippen LogP contribution in [0.3, 0.4) is 0 Å². The zero-order valence-corrected chi connectivity index (χ0v) is 12.5. The van der Waals surface area contributed by atoms with Gasteiger partial charge in [-0.15, -0.1) is 0 Å². The van der Waals surface area contributed by atoms with Gasteiger partial charge in [-0.2, -0.15) is 0 Å². The first kappa shape index (κ1) is 36.1. The summed E-state index contributed by atoms with van der Waals surface area (Å²) in [4.78, 5) is 2.47. The Morgan fingerprint density at radius 2 is 1.30 bits per heavy atom. The average Bonchev–Trinajstić information content (AvgIpc) is 3.04. The number of nitrogens with zero attached hydrogens (tertiary/aromatic N) is 6. The van der Waals surface area contributed by atoms with Gasteiger partial charge in [0.15, 0.2) is 0 Å². The summed E-state index contributed by atoms with van der Waals surface area (Å²) in [5.41, 5.74) is 0. The van der Waals surface area contributed by atoms with Crippen molar-refractivity contribution in [2.75, 3.05) is 20.1 Å². The van der Waals surface area contributed by atoms with Crippen molar-refractivity contribution in [3.63, 3.8) is 0 Å². The maximum absolute atomic E-state index is 6.25. The molecule has 0 amide bonds. The SMILES string of the molecule is CCN1CCCC1NC.[C-]#N.[C-]#N.[C-]#N.[C-]#N.[C-]#N.[Fe+5]. The van der Waals surface area contributed by atoms with Gasteiger partial charge in [0.05, 0.1) is 6.17 Å². The smallest absolute Gasteiger partial charge is 0.512 e. The summed E-state index contributed by atoms with van der Waals surface area (Å²) >= 11 is 0. The van der Waals surface area contributed by atoms with Crippen LogP contribution in [0.2, 0.25) is 0 Å². The molecule has 1 aliphatic rings. The van der Waals surface area contributed by atoms with E-state index in [1.807, 2.05) is 7.05 Å². The summed E-state index contributed by atoms with van der Waals surface area (Å²) in [5.74, 6) is 0. The predicted molar refractivity (Wildman–Crippen MR) is 64.2 cm³/mol. The molecule has 1 heterocycles. The maximum atomic E-state index is 6.25. The maximum Gasteiger partial charge on any atom is 5.00 e. The normalized spacial score (nSPS) is 13.7. The Morgan fingerprint density at radius 3 is 1.50 bits per heavy atom. The molecule has 7 nitrogen and oxygen atoms in total. The van der Waals surface area contributed by atoms with Crippen LogP contribution in [0.15, 0.2) is 0 Å². The molecule has 1 saturated heterocycles. The molecule has 1 radical (unpaired) electrons. The molecule has 0 saturated carbocycles. The monoisotopic (exact) mass is 314 g/mol. The van der Waals surface area contributed by atoms with Crippen LogP contribution in [0.1, 0.15) is 19.8 Å². The second-order valence-corrected chi connectivity index (χ2v) is 2.58. The van der Waals surface area contributed by atoms with Crippen molar-refractivity contribution in [3.8, 4) is 0 Å². The van der Waals surface area contributed by atoms with Crippen molar-refractivity contribution in [1.82, 2.24) is 10.2 Å². The first-order valence-electron chi connectivity index (χ1n) is 4.91. The van der Waals surface area contributed by atoms with Gasteiger partial charge >= 0.3 is 17.1 Å². The Kier molecular flexibility index (Phi) is 97.4. The molecule has 0 aromatic heterocycles. The van der Waals surface area contributed by atoms with E-state index in [1.165, 1.54) is 25.9 Å². The van der Waals surface area contributed by atoms with Crippen LogP contribution in [-0.2, 0) is 17.1 Å². The minimum atomic E-state index is 0. The van der Waals surface area contributed by atoms with Crippen LogP contribution >= 0.6 is 0 Å². The molecule has 0 aliphatic carbocycles. The van der Waals surface area contributed by atoms with Gasteiger partial charge in [0.1, 0.15) is 0 Å². The molecular weight excluding hydrogens is 298 g/mol. The van der Waals surface area contributed by atoms with E-state index in [1.54, 1.807) is 0 Å². The fourth-order valence-electron chi connectivity index (χ4n) is 1.53. The van der Waals surface area contributed by atoms with Crippen molar-refractivity contribution in [3.05, 3.63) is 32.9 Å². The zero-order valence-electron chi connectivity index (χ0n) is 11.4. The Morgan fingerprint density at radius 1 is 0.950 bits per heavy atom. The standard InChI is InChI=1S/C7H16N2.5CN.Fe/c1-3-9-6-4-5-7(9)8-2;5*1-2;/h7-8H,3-6H2,1-2H3;;;;;;/q;5*-1;+5. The number of hydrogen-bond donors (Lipinski definition) is 1. The van der Waals surface area contributed by atoms with E-state index < -0.39 is 0 Å². The number of likely N-dealkylation sites (tertiary alicyclic amines) is 1. The van der Waals surface area contributed by atoms with Gasteiger partial charge in [-0.25, -0.2) is 0 Å². The van der Waals surface area contributed by atoms with Crippen molar-refractivity contribution >= 4 is 0 Å². The van der Waals surface area contributed by atoms with E-state index in [4.69, 9.17) is 59.2 Å². The zero-order chi connectivity index (χ0) is 16.7. The van der Waals surface area contributed by atoms with E-state index >= 15 is 0 Å². The van der Waals surface area contributed by atoms with Crippen LogP contribution in [0.4, 0.5) is 0 Å². The summed E-state index contributed by atoms with van der Waals surface area (Å²) in [6, 6.07) is 0. The third-order valence-electron chi connectivity index (χ3n) is 2.10. The summed E-state index contributed by atoms with van der Waals surface area (Å²) in [5, 5.41) is 34.5. The fourth-order valence-corrected chi connectivity index (χ4v) is 1.53. The van der Waals surface area contributed by atoms with Gasteiger partial charge < -0.3 is 64.5 Å². The Labute approximate surface area is 133 Å². The molecule has 0 spiro atoms. The molecule has 20 heavy (non-hydrogen) atoms. The molecule has 1 atom stereocenters. The summed E-state index contributed by atoms with van der Waals surface area (Å²) in [7, 11) is 2.04. The Bertz CT molecular complexity index is 200. The quantitative estimate of drug-likeness (QED) is 0.596. The predicted octanol–water partition coefficient (Wildman–Crippen LogP) is 1.13. The van der Waals surface area contributed by atoms with Gasteiger partial charge in [0, 0.05) is 0 Å². The summed E-state index contributed by atoms with van der Waals surface area (Å²) in [6.45, 7) is 28.4. The second-order valence-electron chi connectivity index (χ2n) is 2.58. The molecule has 1 unspecified atom stereocenters. The first-order valence-corrected chi connectivity index (χ1v) is 4.91. The van der Waals surface area contributed by atoms with E-state index in [0.29, 0.717) is 6.17 Å². The van der Waals surface area contributed by atoms with Gasteiger partial charge in [-0.3, -0.25) is 4.90 Å².